The molecule has 92 valence electrons. The number of methoxy groups -OCH3 is 1. The highest BCUT2D eigenvalue weighted by Gasteiger charge is 2.14. The molecule has 0 fully saturated rings. The van der Waals surface area contributed by atoms with Crippen LogP contribution in [0.25, 0.3) is 0 Å². The Bertz CT molecular complexity index is 445. The molecule has 0 saturated heterocycles. The number of nitrogens with zero attached hydrogens (tertiary/aromatic N) is 1. The first-order valence-electron chi connectivity index (χ1n) is 5.05. The quantitative estimate of drug-likeness (QED) is 0.776. The number of hydrogen-bond acceptors (Lipinski definition) is 3. The monoisotopic (exact) mass is 255 g/mol. The van der Waals surface area contributed by atoms with E-state index >= 15 is 0 Å². The lowest BCUT2D eigenvalue weighted by Crippen LogP contribution is -2.27. The maximum absolute atomic E-state index is 11.7. The van der Waals surface area contributed by atoms with Gasteiger partial charge in [0.15, 0.2) is 0 Å². The van der Waals surface area contributed by atoms with Crippen LogP contribution in [0.3, 0.4) is 0 Å². The summed E-state index contributed by atoms with van der Waals surface area (Å²) in [7, 11) is 3.12. The van der Waals surface area contributed by atoms with Crippen LogP contribution in [0.2, 0.25) is 5.02 Å². The molecule has 17 heavy (non-hydrogen) atoms. The number of benzene rings is 1. The average Bonchev–Trinajstić information content (AvgIpc) is 2.27. The zero-order chi connectivity index (χ0) is 13.0. The van der Waals surface area contributed by atoms with Crippen molar-refractivity contribution in [3.8, 4) is 5.75 Å². The number of halogens is 1. The third kappa shape index (κ3) is 3.46. The zero-order valence-corrected chi connectivity index (χ0v) is 10.7. The lowest BCUT2D eigenvalue weighted by Gasteiger charge is -2.17. The average molecular weight is 256 g/mol. The molecule has 5 heteroatoms. The Hall–Kier alpha value is -1.55. The van der Waals surface area contributed by atoms with E-state index < -0.39 is 0 Å². The molecule has 0 bridgehead atoms. The van der Waals surface area contributed by atoms with E-state index in [0.717, 1.165) is 0 Å². The van der Waals surface area contributed by atoms with Gasteiger partial charge in [0.25, 0.3) is 0 Å². The van der Waals surface area contributed by atoms with E-state index in [9.17, 15) is 9.59 Å². The van der Waals surface area contributed by atoms with Crippen molar-refractivity contribution in [2.24, 2.45) is 0 Å². The molecule has 0 saturated carbocycles. The Labute approximate surface area is 105 Å². The van der Waals surface area contributed by atoms with Gasteiger partial charge in [-0.25, -0.2) is 0 Å². The molecule has 0 aliphatic heterocycles. The van der Waals surface area contributed by atoms with Gasteiger partial charge in [-0.1, -0.05) is 11.6 Å². The predicted octanol–water partition coefficient (Wildman–Crippen LogP) is 2.29. The molecule has 0 heterocycles. The van der Waals surface area contributed by atoms with Crippen LogP contribution in [0.5, 0.6) is 5.75 Å². The SMILES string of the molecule is COc1ccc(N(C)C(=O)CC(C)=O)cc1Cl. The molecule has 0 aromatic heterocycles. The molecule has 1 aromatic rings. The summed E-state index contributed by atoms with van der Waals surface area (Å²) in [6, 6.07) is 5.01. The summed E-state index contributed by atoms with van der Waals surface area (Å²) in [5.74, 6) is 0.114. The number of amides is 1. The van der Waals surface area contributed by atoms with Gasteiger partial charge < -0.3 is 9.64 Å². The Morgan fingerprint density at radius 2 is 2.06 bits per heavy atom. The molecular weight excluding hydrogens is 242 g/mol. The molecule has 1 rings (SSSR count). The Balaban J connectivity index is 2.89. The second-order valence-electron chi connectivity index (χ2n) is 3.65. The lowest BCUT2D eigenvalue weighted by molar-refractivity contribution is -0.125. The number of ether oxygens (including phenoxy) is 1. The lowest BCUT2D eigenvalue weighted by atomic mass is 10.2. The summed E-state index contributed by atoms with van der Waals surface area (Å²) in [4.78, 5) is 23.9. The van der Waals surface area contributed by atoms with E-state index in [4.69, 9.17) is 16.3 Å². The third-order valence-electron chi connectivity index (χ3n) is 2.30. The highest BCUT2D eigenvalue weighted by atomic mass is 35.5. The van der Waals surface area contributed by atoms with Crippen LogP contribution in [0, 0.1) is 0 Å². The smallest absolute Gasteiger partial charge is 0.234 e. The number of hydrogen-bond donors (Lipinski definition) is 0. The summed E-state index contributed by atoms with van der Waals surface area (Å²) >= 11 is 5.95. The number of ketones is 1. The molecule has 0 atom stereocenters. The fourth-order valence-corrected chi connectivity index (χ4v) is 1.59. The van der Waals surface area contributed by atoms with Crippen molar-refractivity contribution in [1.82, 2.24) is 0 Å². The second-order valence-corrected chi connectivity index (χ2v) is 4.06. The van der Waals surface area contributed by atoms with Crippen molar-refractivity contribution in [2.45, 2.75) is 13.3 Å². The van der Waals surface area contributed by atoms with Gasteiger partial charge in [0.05, 0.1) is 18.6 Å². The van der Waals surface area contributed by atoms with E-state index in [1.54, 1.807) is 25.2 Å². The second kappa shape index (κ2) is 5.68. The molecule has 0 spiro atoms. The first-order valence-corrected chi connectivity index (χ1v) is 5.43. The van der Waals surface area contributed by atoms with Crippen molar-refractivity contribution in [1.29, 1.82) is 0 Å². The Morgan fingerprint density at radius 3 is 2.53 bits per heavy atom. The van der Waals surface area contributed by atoms with E-state index in [1.807, 2.05) is 0 Å². The largest absolute Gasteiger partial charge is 0.495 e. The summed E-state index contributed by atoms with van der Waals surface area (Å²) < 4.78 is 5.02. The van der Waals surface area contributed by atoms with E-state index in [-0.39, 0.29) is 18.1 Å². The molecule has 0 aliphatic carbocycles. The summed E-state index contributed by atoms with van der Waals surface area (Å²) in [5, 5.41) is 0.424. The van der Waals surface area contributed by atoms with Crippen LogP contribution >= 0.6 is 11.6 Å². The van der Waals surface area contributed by atoms with Gasteiger partial charge in [0, 0.05) is 12.7 Å². The molecule has 0 aliphatic rings. The summed E-state index contributed by atoms with van der Waals surface area (Å²) in [6.45, 7) is 1.38. The number of rotatable bonds is 4. The van der Waals surface area contributed by atoms with Gasteiger partial charge in [0.1, 0.15) is 11.5 Å². The molecular formula is C12H14ClNO3. The van der Waals surface area contributed by atoms with Crippen molar-refractivity contribution in [2.75, 3.05) is 19.1 Å². The zero-order valence-electron chi connectivity index (χ0n) is 9.99. The van der Waals surface area contributed by atoms with Gasteiger partial charge >= 0.3 is 0 Å². The van der Waals surface area contributed by atoms with Crippen LogP contribution in [0.4, 0.5) is 5.69 Å². The Morgan fingerprint density at radius 1 is 1.41 bits per heavy atom. The van der Waals surface area contributed by atoms with Crippen LogP contribution in [-0.4, -0.2) is 25.8 Å². The van der Waals surface area contributed by atoms with Crippen molar-refractivity contribution in [3.05, 3.63) is 23.2 Å². The highest BCUT2D eigenvalue weighted by molar-refractivity contribution is 6.32. The van der Waals surface area contributed by atoms with E-state index in [2.05, 4.69) is 0 Å². The van der Waals surface area contributed by atoms with E-state index in [0.29, 0.717) is 16.5 Å². The van der Waals surface area contributed by atoms with Gasteiger partial charge in [-0.05, 0) is 25.1 Å². The number of anilines is 1. The minimum Gasteiger partial charge on any atom is -0.495 e. The summed E-state index contributed by atoms with van der Waals surface area (Å²) in [5.41, 5.74) is 0.627. The van der Waals surface area contributed by atoms with Crippen LogP contribution < -0.4 is 9.64 Å². The first-order chi connectivity index (χ1) is 7.95. The predicted molar refractivity (Wildman–Crippen MR) is 66.7 cm³/mol. The van der Waals surface area contributed by atoms with E-state index in [1.165, 1.54) is 18.9 Å². The van der Waals surface area contributed by atoms with Gasteiger partial charge in [-0.15, -0.1) is 0 Å². The standard InChI is InChI=1S/C12H14ClNO3/c1-8(15)6-12(16)14(2)9-4-5-11(17-3)10(13)7-9/h4-5,7H,6H2,1-3H3. The summed E-state index contributed by atoms with van der Waals surface area (Å²) in [6.07, 6.45) is -0.111. The fourth-order valence-electron chi connectivity index (χ4n) is 1.34. The topological polar surface area (TPSA) is 46.6 Å². The normalized spacial score (nSPS) is 9.88. The van der Waals surface area contributed by atoms with Crippen molar-refractivity contribution in [3.63, 3.8) is 0 Å². The Kier molecular flexibility index (Phi) is 4.52. The van der Waals surface area contributed by atoms with Crippen molar-refractivity contribution < 1.29 is 14.3 Å². The fraction of sp³-hybridized carbons (Fsp3) is 0.333. The van der Waals surface area contributed by atoms with Crippen LogP contribution in [0.15, 0.2) is 18.2 Å². The first kappa shape index (κ1) is 13.5. The molecule has 0 radical (unpaired) electrons. The highest BCUT2D eigenvalue weighted by Crippen LogP contribution is 2.28. The molecule has 0 unspecified atom stereocenters. The minimum atomic E-state index is -0.265. The molecule has 1 aromatic carbocycles. The van der Waals surface area contributed by atoms with Gasteiger partial charge in [-0.2, -0.15) is 0 Å². The minimum absolute atomic E-state index is 0.111. The number of Topliss-reactive ketones (excluding diaryl/α,β-unsaturated/α-hetero) is 1. The maximum atomic E-state index is 11.7. The molecule has 4 nitrogen and oxygen atoms in total. The van der Waals surface area contributed by atoms with Crippen LogP contribution in [-0.2, 0) is 9.59 Å². The van der Waals surface area contributed by atoms with Gasteiger partial charge in [0.2, 0.25) is 5.91 Å². The van der Waals surface area contributed by atoms with Crippen LogP contribution in [0.1, 0.15) is 13.3 Å². The number of carbonyl (C=O) groups excluding carboxylic acids is 2. The van der Waals surface area contributed by atoms with Crippen molar-refractivity contribution >= 4 is 29.0 Å². The van der Waals surface area contributed by atoms with Gasteiger partial charge in [-0.3, -0.25) is 9.59 Å². The maximum Gasteiger partial charge on any atom is 0.234 e. The molecule has 1 amide bonds. The molecule has 0 N–H and O–H groups in total. The third-order valence-corrected chi connectivity index (χ3v) is 2.59. The number of carbonyl (C=O) groups is 2.